The monoisotopic (exact) mass is 244 g/mol. The molecule has 0 bridgehead atoms. The Labute approximate surface area is 106 Å². The van der Waals surface area contributed by atoms with Gasteiger partial charge in [0.15, 0.2) is 0 Å². The first-order chi connectivity index (χ1) is 8.59. The molecule has 2 aromatic rings. The van der Waals surface area contributed by atoms with E-state index in [9.17, 15) is 4.79 Å². The third-order valence-electron chi connectivity index (χ3n) is 2.89. The summed E-state index contributed by atoms with van der Waals surface area (Å²) in [6.45, 7) is 4.32. The number of nitrogens with zero attached hydrogens (tertiary/aromatic N) is 3. The summed E-state index contributed by atoms with van der Waals surface area (Å²) in [5.41, 5.74) is 2.74. The maximum absolute atomic E-state index is 12.4. The number of carbonyl (C=O) groups is 1. The molecular formula is C13H16N4O. The predicted molar refractivity (Wildman–Crippen MR) is 68.1 cm³/mol. The molecule has 1 aromatic heterocycles. The summed E-state index contributed by atoms with van der Waals surface area (Å²) in [7, 11) is 1.76. The van der Waals surface area contributed by atoms with Crippen LogP contribution in [0.15, 0.2) is 24.5 Å². The Balaban J connectivity index is 2.21. The van der Waals surface area contributed by atoms with E-state index in [-0.39, 0.29) is 5.91 Å². The fourth-order valence-electron chi connectivity index (χ4n) is 1.95. The van der Waals surface area contributed by atoms with Crippen LogP contribution >= 0.6 is 0 Å². The zero-order valence-electron chi connectivity index (χ0n) is 10.8. The second-order valence-electron chi connectivity index (χ2n) is 4.36. The molecule has 1 heterocycles. The van der Waals surface area contributed by atoms with Crippen LogP contribution in [0, 0.1) is 13.8 Å². The van der Waals surface area contributed by atoms with Gasteiger partial charge in [-0.05, 0) is 25.0 Å². The van der Waals surface area contributed by atoms with E-state index in [0.717, 1.165) is 16.7 Å². The molecule has 0 atom stereocenters. The number of hydrogen-bond donors (Lipinski definition) is 1. The first-order valence-electron chi connectivity index (χ1n) is 5.75. The summed E-state index contributed by atoms with van der Waals surface area (Å²) in [6, 6.07) is 5.85. The van der Waals surface area contributed by atoms with Crippen molar-refractivity contribution in [3.05, 3.63) is 47.0 Å². The van der Waals surface area contributed by atoms with Gasteiger partial charge in [-0.1, -0.05) is 18.2 Å². The molecule has 1 amide bonds. The van der Waals surface area contributed by atoms with Gasteiger partial charge in [-0.3, -0.25) is 9.89 Å². The standard InChI is InChI=1S/C13H16N4O/c1-9-5-4-6-10(2)12(9)13(18)17(3)7-11-14-8-15-16-11/h4-6,8H,7H2,1-3H3,(H,14,15,16). The van der Waals surface area contributed by atoms with Crippen LogP contribution in [0.5, 0.6) is 0 Å². The summed E-state index contributed by atoms with van der Waals surface area (Å²) >= 11 is 0. The lowest BCUT2D eigenvalue weighted by molar-refractivity contribution is 0.0780. The van der Waals surface area contributed by atoms with E-state index in [0.29, 0.717) is 12.4 Å². The van der Waals surface area contributed by atoms with Crippen LogP contribution in [0.3, 0.4) is 0 Å². The van der Waals surface area contributed by atoms with Crippen molar-refractivity contribution >= 4 is 5.91 Å². The number of aromatic amines is 1. The third-order valence-corrected chi connectivity index (χ3v) is 2.89. The van der Waals surface area contributed by atoms with Gasteiger partial charge in [0.25, 0.3) is 5.91 Å². The van der Waals surface area contributed by atoms with Crippen molar-refractivity contribution in [1.82, 2.24) is 20.1 Å². The zero-order valence-corrected chi connectivity index (χ0v) is 10.8. The average Bonchev–Trinajstić information content (AvgIpc) is 2.81. The molecule has 0 aliphatic heterocycles. The van der Waals surface area contributed by atoms with E-state index in [2.05, 4.69) is 15.2 Å². The van der Waals surface area contributed by atoms with Crippen molar-refractivity contribution in [2.24, 2.45) is 0 Å². The van der Waals surface area contributed by atoms with Gasteiger partial charge in [0.05, 0.1) is 6.54 Å². The average molecular weight is 244 g/mol. The number of rotatable bonds is 3. The molecule has 0 aliphatic rings. The highest BCUT2D eigenvalue weighted by Crippen LogP contribution is 2.15. The van der Waals surface area contributed by atoms with Gasteiger partial charge >= 0.3 is 0 Å². The van der Waals surface area contributed by atoms with Crippen LogP contribution in [0.4, 0.5) is 0 Å². The molecule has 0 aliphatic carbocycles. The van der Waals surface area contributed by atoms with Crippen molar-refractivity contribution in [2.45, 2.75) is 20.4 Å². The lowest BCUT2D eigenvalue weighted by atomic mass is 10.0. The number of nitrogens with one attached hydrogen (secondary N) is 1. The van der Waals surface area contributed by atoms with E-state index in [1.54, 1.807) is 11.9 Å². The maximum Gasteiger partial charge on any atom is 0.254 e. The van der Waals surface area contributed by atoms with E-state index in [1.807, 2.05) is 32.0 Å². The van der Waals surface area contributed by atoms with Crippen LogP contribution < -0.4 is 0 Å². The van der Waals surface area contributed by atoms with E-state index in [4.69, 9.17) is 0 Å². The summed E-state index contributed by atoms with van der Waals surface area (Å²) in [6.07, 6.45) is 1.44. The van der Waals surface area contributed by atoms with Gasteiger partial charge < -0.3 is 4.90 Å². The van der Waals surface area contributed by atoms with Crippen LogP contribution in [-0.2, 0) is 6.54 Å². The van der Waals surface area contributed by atoms with Crippen molar-refractivity contribution in [3.8, 4) is 0 Å². The minimum Gasteiger partial charge on any atom is -0.334 e. The summed E-state index contributed by atoms with van der Waals surface area (Å²) in [4.78, 5) is 18.0. The number of benzene rings is 1. The van der Waals surface area contributed by atoms with Gasteiger partial charge in [0, 0.05) is 12.6 Å². The number of amides is 1. The molecule has 5 nitrogen and oxygen atoms in total. The molecular weight excluding hydrogens is 228 g/mol. The molecule has 0 fully saturated rings. The van der Waals surface area contributed by atoms with Gasteiger partial charge in [0.1, 0.15) is 12.2 Å². The molecule has 5 heteroatoms. The third kappa shape index (κ3) is 2.40. The molecule has 0 saturated carbocycles. The predicted octanol–water partition coefficient (Wildman–Crippen LogP) is 1.69. The molecule has 0 spiro atoms. The second-order valence-corrected chi connectivity index (χ2v) is 4.36. The number of H-pyrrole nitrogens is 1. The molecule has 0 unspecified atom stereocenters. The Bertz CT molecular complexity index is 528. The maximum atomic E-state index is 12.4. The number of carbonyl (C=O) groups excluding carboxylic acids is 1. The summed E-state index contributed by atoms with van der Waals surface area (Å²) < 4.78 is 0. The topological polar surface area (TPSA) is 61.9 Å². The zero-order chi connectivity index (χ0) is 13.1. The van der Waals surface area contributed by atoms with Crippen molar-refractivity contribution in [2.75, 3.05) is 7.05 Å². The van der Waals surface area contributed by atoms with Gasteiger partial charge in [-0.25, -0.2) is 4.98 Å². The Morgan fingerprint density at radius 1 is 1.33 bits per heavy atom. The highest BCUT2D eigenvalue weighted by Gasteiger charge is 2.17. The first-order valence-corrected chi connectivity index (χ1v) is 5.75. The molecule has 2 rings (SSSR count). The Kier molecular flexibility index (Phi) is 3.41. The SMILES string of the molecule is Cc1cccc(C)c1C(=O)N(C)Cc1ncn[nH]1. The van der Waals surface area contributed by atoms with Gasteiger partial charge in [0.2, 0.25) is 0 Å². The lowest BCUT2D eigenvalue weighted by Gasteiger charge is -2.18. The number of hydrogen-bond acceptors (Lipinski definition) is 3. The lowest BCUT2D eigenvalue weighted by Crippen LogP contribution is -2.28. The largest absolute Gasteiger partial charge is 0.334 e. The molecule has 0 saturated heterocycles. The van der Waals surface area contributed by atoms with Crippen LogP contribution in [0.1, 0.15) is 27.3 Å². The number of aromatic nitrogens is 3. The van der Waals surface area contributed by atoms with Crippen LogP contribution in [0.2, 0.25) is 0 Å². The minimum absolute atomic E-state index is 0.00185. The van der Waals surface area contributed by atoms with Crippen LogP contribution in [-0.4, -0.2) is 33.0 Å². The van der Waals surface area contributed by atoms with E-state index in [1.165, 1.54) is 6.33 Å². The molecule has 18 heavy (non-hydrogen) atoms. The summed E-state index contributed by atoms with van der Waals surface area (Å²) in [5.74, 6) is 0.680. The quantitative estimate of drug-likeness (QED) is 0.893. The van der Waals surface area contributed by atoms with Crippen LogP contribution in [0.25, 0.3) is 0 Å². The van der Waals surface area contributed by atoms with Gasteiger partial charge in [-0.2, -0.15) is 5.10 Å². The highest BCUT2D eigenvalue weighted by atomic mass is 16.2. The minimum atomic E-state index is 0.00185. The molecule has 0 radical (unpaired) electrons. The second kappa shape index (κ2) is 5.00. The normalized spacial score (nSPS) is 10.4. The fourth-order valence-corrected chi connectivity index (χ4v) is 1.95. The number of aryl methyl sites for hydroxylation is 2. The highest BCUT2D eigenvalue weighted by molar-refractivity contribution is 5.96. The summed E-state index contributed by atoms with van der Waals surface area (Å²) in [5, 5.41) is 6.52. The van der Waals surface area contributed by atoms with Crippen molar-refractivity contribution in [1.29, 1.82) is 0 Å². The smallest absolute Gasteiger partial charge is 0.254 e. The van der Waals surface area contributed by atoms with Crippen molar-refractivity contribution < 1.29 is 4.79 Å². The Hall–Kier alpha value is -2.17. The first kappa shape index (κ1) is 12.3. The molecule has 1 aromatic carbocycles. The molecule has 1 N–H and O–H groups in total. The Morgan fingerprint density at radius 2 is 2.00 bits per heavy atom. The van der Waals surface area contributed by atoms with Crippen molar-refractivity contribution in [3.63, 3.8) is 0 Å². The Morgan fingerprint density at radius 3 is 2.56 bits per heavy atom. The van der Waals surface area contributed by atoms with E-state index < -0.39 is 0 Å². The van der Waals surface area contributed by atoms with E-state index >= 15 is 0 Å². The van der Waals surface area contributed by atoms with Gasteiger partial charge in [-0.15, -0.1) is 0 Å². The fraction of sp³-hybridized carbons (Fsp3) is 0.308. The molecule has 94 valence electrons.